The molecule has 10 nitrogen and oxygen atoms in total. The van der Waals surface area contributed by atoms with Gasteiger partial charge in [-0.1, -0.05) is 25.0 Å². The fourth-order valence-corrected chi connectivity index (χ4v) is 7.86. The number of rotatable bonds is 8. The first-order chi connectivity index (χ1) is 22.5. The molecule has 1 spiro atoms. The molecule has 1 saturated carbocycles. The molecule has 47 heavy (non-hydrogen) atoms. The van der Waals surface area contributed by atoms with E-state index >= 15 is 0 Å². The van der Waals surface area contributed by atoms with Crippen molar-refractivity contribution in [2.24, 2.45) is 0 Å². The monoisotopic (exact) mass is 666 g/mol. The average molecular weight is 667 g/mol. The van der Waals surface area contributed by atoms with Crippen LogP contribution in [0.15, 0.2) is 65.1 Å². The summed E-state index contributed by atoms with van der Waals surface area (Å²) in [5, 5.41) is 17.0. The minimum atomic E-state index is -4.00. The summed E-state index contributed by atoms with van der Waals surface area (Å²) in [6, 6.07) is 15.1. The summed E-state index contributed by atoms with van der Waals surface area (Å²) in [4.78, 5) is 29.1. The number of hydrogen-bond donors (Lipinski definition) is 3. The van der Waals surface area contributed by atoms with Gasteiger partial charge in [0.25, 0.3) is 11.8 Å². The summed E-state index contributed by atoms with van der Waals surface area (Å²) in [6.07, 6.45) is 3.22. The Bertz CT molecular complexity index is 1940. The molecule has 1 aromatic heterocycles. The van der Waals surface area contributed by atoms with E-state index in [1.165, 1.54) is 37.4 Å². The number of furan rings is 1. The van der Waals surface area contributed by atoms with E-state index in [0.717, 1.165) is 23.4 Å². The van der Waals surface area contributed by atoms with E-state index in [2.05, 4.69) is 10.6 Å². The number of fused-ring (bicyclic) bond motifs is 1. The summed E-state index contributed by atoms with van der Waals surface area (Å²) in [7, 11) is -2.55. The third kappa shape index (κ3) is 5.87. The third-order valence-electron chi connectivity index (χ3n) is 9.18. The number of amides is 2. The number of aliphatic hydroxyl groups excluding tert-OH is 1. The number of carbonyl (C=O) groups is 2. The van der Waals surface area contributed by atoms with Gasteiger partial charge in [-0.25, -0.2) is 17.2 Å². The van der Waals surface area contributed by atoms with E-state index in [0.29, 0.717) is 53.6 Å². The molecule has 2 heterocycles. The van der Waals surface area contributed by atoms with Crippen molar-refractivity contribution in [2.75, 3.05) is 43.9 Å². The summed E-state index contributed by atoms with van der Waals surface area (Å²) in [5.41, 5.74) is 1.18. The molecular weight excluding hydrogens is 630 g/mol. The first kappa shape index (κ1) is 32.6. The van der Waals surface area contributed by atoms with E-state index in [1.807, 2.05) is 0 Å². The second kappa shape index (κ2) is 12.7. The maximum absolute atomic E-state index is 14.1. The van der Waals surface area contributed by atoms with E-state index in [9.17, 15) is 31.9 Å². The van der Waals surface area contributed by atoms with Crippen LogP contribution in [0.3, 0.4) is 0 Å². The van der Waals surface area contributed by atoms with Crippen LogP contribution in [-0.2, 0) is 10.0 Å². The first-order valence-electron chi connectivity index (χ1n) is 15.4. The van der Waals surface area contributed by atoms with Crippen molar-refractivity contribution in [2.45, 2.75) is 37.5 Å². The van der Waals surface area contributed by atoms with Gasteiger partial charge in [-0.15, -0.1) is 0 Å². The van der Waals surface area contributed by atoms with Crippen molar-refractivity contribution in [3.8, 4) is 22.5 Å². The molecular formula is C34H36F2N4O6S. The largest absolute Gasteiger partial charge is 0.455 e. The van der Waals surface area contributed by atoms with Gasteiger partial charge < -0.3 is 19.7 Å². The van der Waals surface area contributed by atoms with Crippen LogP contribution >= 0.6 is 0 Å². The lowest BCUT2D eigenvalue weighted by molar-refractivity contribution is -0.0577. The molecule has 6 rings (SSSR count). The number of anilines is 1. The highest BCUT2D eigenvalue weighted by Gasteiger charge is 2.49. The lowest BCUT2D eigenvalue weighted by Gasteiger charge is -2.48. The maximum atomic E-state index is 14.1. The SMILES string of the molecule is CNC(=O)c1c(-c2ccc(F)cc2)oc2cc(N(CCF)S(C)(=O)=O)c(-c3cccc(C(=O)N4CCNC(O)C45CCCC5)c3)cc12. The molecule has 1 saturated heterocycles. The van der Waals surface area contributed by atoms with Crippen LogP contribution in [0, 0.1) is 5.82 Å². The standard InChI is InChI=1S/C34H36F2N4O6S/c1-37-31(41)29-26-19-25(22-6-5-7-23(18-22)32(42)39-17-15-38-33(43)34(39)12-3-4-13-34)27(40(16-14-35)47(2,44)45)20-28(26)46-30(29)21-8-10-24(36)11-9-21/h5-11,18-20,33,38,43H,3-4,12-17H2,1-2H3,(H,37,41). The number of alkyl halides is 1. The van der Waals surface area contributed by atoms with Gasteiger partial charge in [-0.3, -0.25) is 19.2 Å². The Kier molecular flexibility index (Phi) is 8.81. The maximum Gasteiger partial charge on any atom is 0.255 e. The highest BCUT2D eigenvalue weighted by molar-refractivity contribution is 7.92. The van der Waals surface area contributed by atoms with E-state index < -0.39 is 46.7 Å². The van der Waals surface area contributed by atoms with E-state index in [1.54, 1.807) is 35.2 Å². The molecule has 2 amide bonds. The zero-order valence-electron chi connectivity index (χ0n) is 26.1. The predicted octanol–water partition coefficient (Wildman–Crippen LogP) is 4.68. The van der Waals surface area contributed by atoms with Crippen LogP contribution in [0.2, 0.25) is 0 Å². The Balaban J connectivity index is 1.55. The lowest BCUT2D eigenvalue weighted by atomic mass is 9.89. The van der Waals surface area contributed by atoms with Crippen molar-refractivity contribution < 1.29 is 36.3 Å². The van der Waals surface area contributed by atoms with Gasteiger partial charge in [0.2, 0.25) is 10.0 Å². The molecule has 4 aromatic rings. The summed E-state index contributed by atoms with van der Waals surface area (Å²) >= 11 is 0. The summed E-state index contributed by atoms with van der Waals surface area (Å²) in [5.74, 6) is -1.10. The molecule has 1 aliphatic carbocycles. The Morgan fingerprint density at radius 1 is 1.11 bits per heavy atom. The fraction of sp³-hybridized carbons (Fsp3) is 0.353. The van der Waals surface area contributed by atoms with Crippen LogP contribution < -0.4 is 14.9 Å². The Hall–Kier alpha value is -4.33. The fourth-order valence-electron chi connectivity index (χ4n) is 6.95. The highest BCUT2D eigenvalue weighted by atomic mass is 32.2. The van der Waals surface area contributed by atoms with Gasteiger partial charge in [0, 0.05) is 48.3 Å². The normalized spacial score (nSPS) is 17.7. The summed E-state index contributed by atoms with van der Waals surface area (Å²) in [6.45, 7) is -0.614. The second-order valence-electron chi connectivity index (χ2n) is 12.0. The molecule has 1 aliphatic heterocycles. The molecule has 1 unspecified atom stereocenters. The van der Waals surface area contributed by atoms with Crippen molar-refractivity contribution in [3.63, 3.8) is 0 Å². The predicted molar refractivity (Wildman–Crippen MR) is 175 cm³/mol. The molecule has 248 valence electrons. The van der Waals surface area contributed by atoms with Crippen molar-refractivity contribution >= 4 is 38.5 Å². The number of carbonyl (C=O) groups excluding carboxylic acids is 2. The van der Waals surface area contributed by atoms with Crippen molar-refractivity contribution in [1.29, 1.82) is 0 Å². The molecule has 2 aliphatic rings. The molecule has 2 fully saturated rings. The number of nitrogens with zero attached hydrogens (tertiary/aromatic N) is 2. The number of aliphatic hydroxyl groups is 1. The third-order valence-corrected chi connectivity index (χ3v) is 10.4. The number of halogens is 2. The number of piperazine rings is 1. The number of sulfonamides is 1. The summed E-state index contributed by atoms with van der Waals surface area (Å²) < 4.78 is 60.7. The van der Waals surface area contributed by atoms with Crippen LogP contribution in [0.1, 0.15) is 46.4 Å². The van der Waals surface area contributed by atoms with Gasteiger partial charge in [0.15, 0.2) is 0 Å². The van der Waals surface area contributed by atoms with Crippen molar-refractivity contribution in [1.82, 2.24) is 15.5 Å². The second-order valence-corrected chi connectivity index (χ2v) is 13.9. The Morgan fingerprint density at radius 3 is 2.49 bits per heavy atom. The van der Waals surface area contributed by atoms with Gasteiger partial charge >= 0.3 is 0 Å². The van der Waals surface area contributed by atoms with Gasteiger partial charge in [0.1, 0.15) is 30.1 Å². The average Bonchev–Trinajstić information content (AvgIpc) is 3.69. The van der Waals surface area contributed by atoms with Gasteiger partial charge in [0.05, 0.1) is 29.6 Å². The molecule has 13 heteroatoms. The first-order valence-corrected chi connectivity index (χ1v) is 17.3. The molecule has 0 bridgehead atoms. The number of nitrogens with one attached hydrogen (secondary N) is 2. The molecule has 3 N–H and O–H groups in total. The minimum Gasteiger partial charge on any atom is -0.455 e. The van der Waals surface area contributed by atoms with Gasteiger partial charge in [-0.05, 0) is 60.9 Å². The Morgan fingerprint density at radius 2 is 1.83 bits per heavy atom. The smallest absolute Gasteiger partial charge is 0.255 e. The van der Waals surface area contributed by atoms with Crippen LogP contribution in [0.5, 0.6) is 0 Å². The number of hydrogen-bond acceptors (Lipinski definition) is 7. The molecule has 3 aromatic carbocycles. The minimum absolute atomic E-state index is 0.0926. The van der Waals surface area contributed by atoms with Crippen molar-refractivity contribution in [3.05, 3.63) is 77.6 Å². The molecule has 1 atom stereocenters. The zero-order valence-corrected chi connectivity index (χ0v) is 26.9. The van der Waals surface area contributed by atoms with Gasteiger partial charge in [-0.2, -0.15) is 0 Å². The van der Waals surface area contributed by atoms with E-state index in [4.69, 9.17) is 4.42 Å². The quantitative estimate of drug-likeness (QED) is 0.249. The topological polar surface area (TPSA) is 132 Å². The Labute approximate surface area is 271 Å². The van der Waals surface area contributed by atoms with Crippen LogP contribution in [0.4, 0.5) is 14.5 Å². The van der Waals surface area contributed by atoms with E-state index in [-0.39, 0.29) is 28.5 Å². The number of benzene rings is 3. The zero-order chi connectivity index (χ0) is 33.5. The highest BCUT2D eigenvalue weighted by Crippen LogP contribution is 2.43. The van der Waals surface area contributed by atoms with Crippen LogP contribution in [-0.4, -0.2) is 81.6 Å². The van der Waals surface area contributed by atoms with Crippen LogP contribution in [0.25, 0.3) is 33.4 Å². The lowest BCUT2D eigenvalue weighted by Crippen LogP contribution is -2.67. The molecule has 0 radical (unpaired) electrons.